The van der Waals surface area contributed by atoms with Crippen molar-refractivity contribution in [2.24, 2.45) is 4.40 Å². The highest BCUT2D eigenvalue weighted by atomic mass is 32.2. The lowest BCUT2D eigenvalue weighted by atomic mass is 10.1. The summed E-state index contributed by atoms with van der Waals surface area (Å²) >= 11 is 0. The Bertz CT molecular complexity index is 664. The predicted octanol–water partition coefficient (Wildman–Crippen LogP) is 0.999. The molecule has 0 amide bonds. The highest BCUT2D eigenvalue weighted by molar-refractivity contribution is 7.90. The van der Waals surface area contributed by atoms with E-state index in [1.807, 2.05) is 17.0 Å². The molecule has 0 radical (unpaired) electrons. The molecule has 1 aromatic rings. The molecule has 3 rings (SSSR count). The largest absolute Gasteiger partial charge is 0.396 e. The lowest BCUT2D eigenvalue weighted by Crippen LogP contribution is -2.41. The topological polar surface area (TPSA) is 79.2 Å². The maximum Gasteiger partial charge on any atom is 0.285 e. The number of fused-ring (bicyclic) bond motifs is 1. The van der Waals surface area contributed by atoms with E-state index in [0.717, 1.165) is 25.9 Å². The number of ether oxygens (including phenoxy) is 1. The van der Waals surface area contributed by atoms with Crippen LogP contribution in [-0.4, -0.2) is 56.7 Å². The van der Waals surface area contributed by atoms with E-state index in [4.69, 9.17) is 9.84 Å². The summed E-state index contributed by atoms with van der Waals surface area (Å²) in [6.07, 6.45) is 2.51. The van der Waals surface area contributed by atoms with Gasteiger partial charge in [-0.2, -0.15) is 8.42 Å². The normalized spacial score (nSPS) is 20.8. The van der Waals surface area contributed by atoms with Gasteiger partial charge in [0.05, 0.1) is 6.10 Å². The number of hydrogen-bond acceptors (Lipinski definition) is 5. The zero-order chi connectivity index (χ0) is 15.6. The molecule has 2 aliphatic heterocycles. The van der Waals surface area contributed by atoms with E-state index in [9.17, 15) is 8.42 Å². The number of aliphatic hydroxyl groups is 1. The summed E-state index contributed by atoms with van der Waals surface area (Å²) in [4.78, 5) is 2.32. The number of aliphatic hydroxyl groups excluding tert-OH is 1. The smallest absolute Gasteiger partial charge is 0.285 e. The summed E-state index contributed by atoms with van der Waals surface area (Å²) in [5.74, 6) is 0.560. The number of piperidine rings is 1. The van der Waals surface area contributed by atoms with Gasteiger partial charge in [0.25, 0.3) is 10.0 Å². The molecule has 0 aromatic heterocycles. The van der Waals surface area contributed by atoms with Crippen molar-refractivity contribution in [1.82, 2.24) is 4.90 Å². The summed E-state index contributed by atoms with van der Waals surface area (Å²) in [5, 5.41) is 8.76. The molecule has 22 heavy (non-hydrogen) atoms. The van der Waals surface area contributed by atoms with Crippen molar-refractivity contribution in [3.8, 4) is 0 Å². The van der Waals surface area contributed by atoms with Crippen LogP contribution in [0.15, 0.2) is 33.6 Å². The fourth-order valence-corrected chi connectivity index (χ4v) is 4.09. The number of sulfonamides is 1. The molecule has 120 valence electrons. The molecule has 0 aliphatic carbocycles. The Morgan fingerprint density at radius 2 is 2.00 bits per heavy atom. The van der Waals surface area contributed by atoms with Crippen LogP contribution in [0.2, 0.25) is 0 Å². The fraction of sp³-hybridized carbons (Fsp3) is 0.533. The third-order valence-electron chi connectivity index (χ3n) is 4.01. The maximum atomic E-state index is 12.1. The van der Waals surface area contributed by atoms with Gasteiger partial charge < -0.3 is 14.7 Å². The zero-order valence-corrected chi connectivity index (χ0v) is 13.1. The zero-order valence-electron chi connectivity index (χ0n) is 12.3. The second kappa shape index (κ2) is 6.36. The van der Waals surface area contributed by atoms with E-state index in [1.165, 1.54) is 0 Å². The van der Waals surface area contributed by atoms with Crippen molar-refractivity contribution in [3.05, 3.63) is 29.8 Å². The Kier molecular flexibility index (Phi) is 4.46. The molecule has 0 saturated carbocycles. The van der Waals surface area contributed by atoms with Crippen LogP contribution in [-0.2, 0) is 14.8 Å². The van der Waals surface area contributed by atoms with Gasteiger partial charge in [-0.25, -0.2) is 0 Å². The SMILES string of the molecule is O=S1(=O)N=C(N2CCC(OCCCO)CC2)c2ccccc21. The first-order valence-corrected chi connectivity index (χ1v) is 8.97. The highest BCUT2D eigenvalue weighted by Crippen LogP contribution is 2.29. The molecule has 2 heterocycles. The highest BCUT2D eigenvalue weighted by Gasteiger charge is 2.33. The van der Waals surface area contributed by atoms with Gasteiger partial charge >= 0.3 is 0 Å². The van der Waals surface area contributed by atoms with Crippen LogP contribution in [0, 0.1) is 0 Å². The van der Waals surface area contributed by atoms with Gasteiger partial charge in [-0.05, 0) is 31.4 Å². The Balaban J connectivity index is 1.68. The van der Waals surface area contributed by atoms with Crippen LogP contribution in [0.5, 0.6) is 0 Å². The lowest BCUT2D eigenvalue weighted by Gasteiger charge is -2.33. The van der Waals surface area contributed by atoms with Gasteiger partial charge in [0.15, 0.2) is 5.84 Å². The number of likely N-dealkylation sites (tertiary alicyclic amines) is 1. The van der Waals surface area contributed by atoms with E-state index in [1.54, 1.807) is 12.1 Å². The maximum absolute atomic E-state index is 12.1. The average Bonchev–Trinajstić information content (AvgIpc) is 2.81. The second-order valence-corrected chi connectivity index (χ2v) is 7.09. The monoisotopic (exact) mass is 324 g/mol. The molecule has 0 unspecified atom stereocenters. The molecule has 0 atom stereocenters. The van der Waals surface area contributed by atoms with Crippen LogP contribution < -0.4 is 0 Å². The van der Waals surface area contributed by atoms with Crippen molar-refractivity contribution in [1.29, 1.82) is 0 Å². The minimum absolute atomic E-state index is 0.143. The molecular weight excluding hydrogens is 304 g/mol. The number of amidine groups is 1. The summed E-state index contributed by atoms with van der Waals surface area (Å²) in [6, 6.07) is 6.96. The Labute approximate surface area is 130 Å². The van der Waals surface area contributed by atoms with Crippen molar-refractivity contribution in [2.45, 2.75) is 30.3 Å². The van der Waals surface area contributed by atoms with Crippen molar-refractivity contribution in [2.75, 3.05) is 26.3 Å². The molecule has 1 fully saturated rings. The second-order valence-electron chi connectivity index (χ2n) is 5.52. The van der Waals surface area contributed by atoms with Gasteiger partial charge in [-0.15, -0.1) is 4.40 Å². The Morgan fingerprint density at radius 3 is 2.73 bits per heavy atom. The molecule has 2 aliphatic rings. The third-order valence-corrected chi connectivity index (χ3v) is 5.34. The number of rotatable bonds is 4. The summed E-state index contributed by atoms with van der Waals surface area (Å²) < 4.78 is 33.8. The quantitative estimate of drug-likeness (QED) is 0.836. The molecule has 7 heteroatoms. The van der Waals surface area contributed by atoms with Crippen LogP contribution in [0.3, 0.4) is 0 Å². The van der Waals surface area contributed by atoms with Crippen LogP contribution in [0.4, 0.5) is 0 Å². The first-order valence-electron chi connectivity index (χ1n) is 7.53. The third kappa shape index (κ3) is 3.02. The van der Waals surface area contributed by atoms with Gasteiger partial charge in [-0.3, -0.25) is 0 Å². The summed E-state index contributed by atoms with van der Waals surface area (Å²) in [6.45, 7) is 2.17. The van der Waals surface area contributed by atoms with Crippen molar-refractivity contribution in [3.63, 3.8) is 0 Å². The van der Waals surface area contributed by atoms with Gasteiger partial charge in [-0.1, -0.05) is 12.1 Å². The van der Waals surface area contributed by atoms with E-state index < -0.39 is 10.0 Å². The lowest BCUT2D eigenvalue weighted by molar-refractivity contribution is 0.0132. The Hall–Kier alpha value is -1.44. The molecule has 1 aromatic carbocycles. The predicted molar refractivity (Wildman–Crippen MR) is 82.4 cm³/mol. The van der Waals surface area contributed by atoms with Gasteiger partial charge in [0, 0.05) is 31.9 Å². The van der Waals surface area contributed by atoms with Gasteiger partial charge in [0.1, 0.15) is 4.90 Å². The first-order chi connectivity index (χ1) is 10.6. The fourth-order valence-electron chi connectivity index (χ4n) is 2.87. The van der Waals surface area contributed by atoms with Crippen molar-refractivity contribution < 1.29 is 18.3 Å². The van der Waals surface area contributed by atoms with Crippen LogP contribution in [0.1, 0.15) is 24.8 Å². The Morgan fingerprint density at radius 1 is 1.27 bits per heavy atom. The minimum atomic E-state index is -3.55. The van der Waals surface area contributed by atoms with E-state index in [2.05, 4.69) is 4.40 Å². The molecule has 6 nitrogen and oxygen atoms in total. The molecule has 0 bridgehead atoms. The molecule has 1 saturated heterocycles. The average molecular weight is 324 g/mol. The summed E-state index contributed by atoms with van der Waals surface area (Å²) in [5.41, 5.74) is 0.696. The van der Waals surface area contributed by atoms with Crippen molar-refractivity contribution >= 4 is 15.9 Å². The first kappa shape index (κ1) is 15.5. The molecule has 0 spiro atoms. The van der Waals surface area contributed by atoms with Crippen LogP contribution >= 0.6 is 0 Å². The molecule has 1 N–H and O–H groups in total. The van der Waals surface area contributed by atoms with E-state index in [0.29, 0.717) is 29.3 Å². The van der Waals surface area contributed by atoms with Crippen LogP contribution in [0.25, 0.3) is 0 Å². The number of nitrogens with zero attached hydrogens (tertiary/aromatic N) is 2. The number of benzene rings is 1. The number of hydrogen-bond donors (Lipinski definition) is 1. The van der Waals surface area contributed by atoms with E-state index >= 15 is 0 Å². The minimum Gasteiger partial charge on any atom is -0.396 e. The standard InChI is InChI=1S/C15H20N2O4S/c18-10-3-11-21-12-6-8-17(9-7-12)15-13-4-1-2-5-14(13)22(19,20)16-15/h1-2,4-5,12,18H,3,6-11H2. The van der Waals surface area contributed by atoms with E-state index in [-0.39, 0.29) is 12.7 Å². The molecular formula is C15H20N2O4S. The van der Waals surface area contributed by atoms with Gasteiger partial charge in [0.2, 0.25) is 0 Å². The summed E-state index contributed by atoms with van der Waals surface area (Å²) in [7, 11) is -3.55.